The van der Waals surface area contributed by atoms with Crippen LogP contribution in [0.2, 0.25) is 0 Å². The Morgan fingerprint density at radius 3 is 2.88 bits per heavy atom. The third-order valence-electron chi connectivity index (χ3n) is 3.09. The molecule has 1 aliphatic rings. The molecule has 0 bridgehead atoms. The third kappa shape index (κ3) is 2.39. The van der Waals surface area contributed by atoms with E-state index in [1.54, 1.807) is 0 Å². The van der Waals surface area contributed by atoms with Gasteiger partial charge >= 0.3 is 0 Å². The number of nitrogens with two attached hydrogens (primary N) is 2. The molecule has 1 unspecified atom stereocenters. The van der Waals surface area contributed by atoms with Gasteiger partial charge in [0.15, 0.2) is 0 Å². The summed E-state index contributed by atoms with van der Waals surface area (Å²) in [5, 5.41) is 0. The lowest BCUT2D eigenvalue weighted by atomic mass is 10.1. The van der Waals surface area contributed by atoms with Gasteiger partial charge in [0, 0.05) is 18.8 Å². The van der Waals surface area contributed by atoms with Crippen LogP contribution in [0.1, 0.15) is 18.4 Å². The van der Waals surface area contributed by atoms with Crippen molar-refractivity contribution in [2.24, 2.45) is 11.5 Å². The maximum Gasteiger partial charge on any atom is 0.240 e. The molecule has 17 heavy (non-hydrogen) atoms. The van der Waals surface area contributed by atoms with Crippen molar-refractivity contribution in [1.29, 1.82) is 0 Å². The SMILES string of the molecule is NCc1cc(F)cc(N2CCCC2C(N)=O)c1. The monoisotopic (exact) mass is 237 g/mol. The number of anilines is 1. The van der Waals surface area contributed by atoms with E-state index in [0.717, 1.165) is 24.9 Å². The Labute approximate surface area is 99.4 Å². The van der Waals surface area contributed by atoms with Crippen LogP contribution in [0.15, 0.2) is 18.2 Å². The number of primary amides is 1. The van der Waals surface area contributed by atoms with Crippen molar-refractivity contribution < 1.29 is 9.18 Å². The number of halogens is 1. The van der Waals surface area contributed by atoms with Gasteiger partial charge in [0.05, 0.1) is 0 Å². The molecule has 0 radical (unpaired) electrons. The van der Waals surface area contributed by atoms with E-state index in [9.17, 15) is 9.18 Å². The second-order valence-corrected chi connectivity index (χ2v) is 4.28. The van der Waals surface area contributed by atoms with Gasteiger partial charge in [-0.05, 0) is 36.6 Å². The number of benzene rings is 1. The fourth-order valence-corrected chi connectivity index (χ4v) is 2.29. The normalized spacial score (nSPS) is 19.6. The molecular weight excluding hydrogens is 221 g/mol. The second-order valence-electron chi connectivity index (χ2n) is 4.28. The molecule has 1 saturated heterocycles. The third-order valence-corrected chi connectivity index (χ3v) is 3.09. The lowest BCUT2D eigenvalue weighted by Crippen LogP contribution is -2.40. The molecule has 5 heteroatoms. The lowest BCUT2D eigenvalue weighted by Gasteiger charge is -2.24. The number of carbonyl (C=O) groups is 1. The number of rotatable bonds is 3. The van der Waals surface area contributed by atoms with Crippen molar-refractivity contribution in [2.75, 3.05) is 11.4 Å². The van der Waals surface area contributed by atoms with Crippen LogP contribution in [0.4, 0.5) is 10.1 Å². The molecule has 1 heterocycles. The fourth-order valence-electron chi connectivity index (χ4n) is 2.29. The molecule has 0 saturated carbocycles. The maximum absolute atomic E-state index is 13.4. The number of amides is 1. The summed E-state index contributed by atoms with van der Waals surface area (Å²) in [5.74, 6) is -0.695. The Balaban J connectivity index is 2.32. The van der Waals surface area contributed by atoms with Crippen LogP contribution < -0.4 is 16.4 Å². The van der Waals surface area contributed by atoms with Gasteiger partial charge in [0.25, 0.3) is 0 Å². The van der Waals surface area contributed by atoms with Crippen LogP contribution in [0, 0.1) is 5.82 Å². The zero-order valence-corrected chi connectivity index (χ0v) is 9.53. The number of carbonyl (C=O) groups excluding carboxylic acids is 1. The number of hydrogen-bond acceptors (Lipinski definition) is 3. The molecule has 1 fully saturated rings. The Morgan fingerprint density at radius 1 is 1.47 bits per heavy atom. The first-order valence-electron chi connectivity index (χ1n) is 5.67. The maximum atomic E-state index is 13.4. The summed E-state index contributed by atoms with van der Waals surface area (Å²) in [4.78, 5) is 13.1. The molecule has 0 spiro atoms. The molecule has 0 aromatic heterocycles. The molecule has 1 aromatic rings. The van der Waals surface area contributed by atoms with Gasteiger partial charge in [-0.2, -0.15) is 0 Å². The summed E-state index contributed by atoms with van der Waals surface area (Å²) >= 11 is 0. The molecule has 2 rings (SSSR count). The average Bonchev–Trinajstić information content (AvgIpc) is 2.77. The molecule has 1 aromatic carbocycles. The van der Waals surface area contributed by atoms with Crippen LogP contribution in [-0.2, 0) is 11.3 Å². The Kier molecular flexibility index (Phi) is 3.28. The topological polar surface area (TPSA) is 72.3 Å². The van der Waals surface area contributed by atoms with Crippen LogP contribution in [0.3, 0.4) is 0 Å². The van der Waals surface area contributed by atoms with E-state index in [2.05, 4.69) is 0 Å². The van der Waals surface area contributed by atoms with Crippen molar-refractivity contribution >= 4 is 11.6 Å². The van der Waals surface area contributed by atoms with Crippen LogP contribution in [0.5, 0.6) is 0 Å². The Hall–Kier alpha value is -1.62. The van der Waals surface area contributed by atoms with E-state index in [0.29, 0.717) is 5.69 Å². The summed E-state index contributed by atoms with van der Waals surface area (Å²) in [7, 11) is 0. The summed E-state index contributed by atoms with van der Waals surface area (Å²) in [6.07, 6.45) is 1.62. The van der Waals surface area contributed by atoms with E-state index < -0.39 is 0 Å². The lowest BCUT2D eigenvalue weighted by molar-refractivity contribution is -0.119. The van der Waals surface area contributed by atoms with Crippen molar-refractivity contribution in [3.05, 3.63) is 29.6 Å². The first-order valence-corrected chi connectivity index (χ1v) is 5.67. The van der Waals surface area contributed by atoms with Crippen molar-refractivity contribution in [3.63, 3.8) is 0 Å². The average molecular weight is 237 g/mol. The largest absolute Gasteiger partial charge is 0.368 e. The predicted octanol–water partition coefficient (Wildman–Crippen LogP) is 0.738. The quantitative estimate of drug-likeness (QED) is 0.814. The number of hydrogen-bond donors (Lipinski definition) is 2. The van der Waals surface area contributed by atoms with Gasteiger partial charge in [-0.15, -0.1) is 0 Å². The summed E-state index contributed by atoms with van der Waals surface area (Å²) in [6, 6.07) is 4.30. The molecule has 1 aliphatic heterocycles. The van der Waals surface area contributed by atoms with E-state index in [4.69, 9.17) is 11.5 Å². The highest BCUT2D eigenvalue weighted by atomic mass is 19.1. The smallest absolute Gasteiger partial charge is 0.240 e. The zero-order chi connectivity index (χ0) is 12.4. The highest BCUT2D eigenvalue weighted by molar-refractivity contribution is 5.84. The first-order chi connectivity index (χ1) is 8.11. The summed E-state index contributed by atoms with van der Waals surface area (Å²) in [5.41, 5.74) is 12.2. The second kappa shape index (κ2) is 4.71. The first kappa shape index (κ1) is 11.9. The van der Waals surface area contributed by atoms with Gasteiger partial charge in [-0.1, -0.05) is 0 Å². The van der Waals surface area contributed by atoms with Crippen LogP contribution in [0.25, 0.3) is 0 Å². The minimum atomic E-state index is -0.360. The summed E-state index contributed by atoms with van der Waals surface area (Å²) < 4.78 is 13.4. The molecule has 1 atom stereocenters. The van der Waals surface area contributed by atoms with Gasteiger partial charge in [-0.3, -0.25) is 4.79 Å². The van der Waals surface area contributed by atoms with Crippen LogP contribution in [-0.4, -0.2) is 18.5 Å². The minimum Gasteiger partial charge on any atom is -0.368 e. The van der Waals surface area contributed by atoms with Gasteiger partial charge in [-0.25, -0.2) is 4.39 Å². The van der Waals surface area contributed by atoms with E-state index in [-0.39, 0.29) is 24.3 Å². The molecular formula is C12H16FN3O. The van der Waals surface area contributed by atoms with Crippen molar-refractivity contribution in [3.8, 4) is 0 Å². The zero-order valence-electron chi connectivity index (χ0n) is 9.53. The standard InChI is InChI=1S/C12H16FN3O/c13-9-4-8(7-14)5-10(6-9)16-3-1-2-11(16)12(15)17/h4-6,11H,1-3,7,14H2,(H2,15,17). The molecule has 4 nitrogen and oxygen atoms in total. The van der Waals surface area contributed by atoms with Crippen molar-refractivity contribution in [2.45, 2.75) is 25.4 Å². The molecule has 4 N–H and O–H groups in total. The number of nitrogens with zero attached hydrogens (tertiary/aromatic N) is 1. The predicted molar refractivity (Wildman–Crippen MR) is 63.9 cm³/mol. The van der Waals surface area contributed by atoms with Gasteiger partial charge in [0.2, 0.25) is 5.91 Å². The Morgan fingerprint density at radius 2 is 2.24 bits per heavy atom. The highest BCUT2D eigenvalue weighted by Gasteiger charge is 2.29. The van der Waals surface area contributed by atoms with E-state index >= 15 is 0 Å². The fraction of sp³-hybridized carbons (Fsp3) is 0.417. The van der Waals surface area contributed by atoms with E-state index in [1.807, 2.05) is 11.0 Å². The molecule has 1 amide bonds. The van der Waals surface area contributed by atoms with Gasteiger partial charge in [0.1, 0.15) is 11.9 Å². The highest BCUT2D eigenvalue weighted by Crippen LogP contribution is 2.27. The van der Waals surface area contributed by atoms with Crippen molar-refractivity contribution in [1.82, 2.24) is 0 Å². The Bertz CT molecular complexity index is 436. The van der Waals surface area contributed by atoms with Crippen LogP contribution >= 0.6 is 0 Å². The van der Waals surface area contributed by atoms with Gasteiger partial charge < -0.3 is 16.4 Å². The molecule has 92 valence electrons. The van der Waals surface area contributed by atoms with E-state index in [1.165, 1.54) is 12.1 Å². The summed E-state index contributed by atoms with van der Waals surface area (Å²) in [6.45, 7) is 1.00. The molecule has 0 aliphatic carbocycles. The minimum absolute atomic E-state index is 0.278.